The molecule has 3 atom stereocenters. The Labute approximate surface area is 256 Å². The van der Waals surface area contributed by atoms with Crippen LogP contribution in [0, 0.1) is 19.3 Å². The number of aromatic nitrogens is 5. The maximum absolute atomic E-state index is 14.0. The summed E-state index contributed by atoms with van der Waals surface area (Å²) in [4.78, 5) is 54.8. The van der Waals surface area contributed by atoms with E-state index in [2.05, 4.69) is 54.3 Å². The number of carbonyl (C=O) groups is 3. The lowest BCUT2D eigenvalue weighted by atomic mass is 9.73. The number of methoxy groups -OCH3 is 1. The van der Waals surface area contributed by atoms with Crippen LogP contribution in [-0.4, -0.2) is 66.4 Å². The maximum Gasteiger partial charge on any atom is 0.316 e. The molecular weight excluding hydrogens is 614 g/mol. The number of nitrogens with one attached hydrogen (secondary N) is 1. The number of halogens is 1. The first-order valence-corrected chi connectivity index (χ1v) is 14.6. The molecule has 12 heteroatoms. The first-order chi connectivity index (χ1) is 20.5. The molecule has 0 bridgehead atoms. The number of ether oxygens (including phenoxy) is 1. The number of hydrogen-bond donors (Lipinski definition) is 1. The lowest BCUT2D eigenvalue weighted by Gasteiger charge is -2.38. The molecule has 1 saturated heterocycles. The molecular formula is C31H30BrN7O4. The zero-order chi connectivity index (χ0) is 30.6. The first kappa shape index (κ1) is 28.7. The van der Waals surface area contributed by atoms with Crippen LogP contribution in [-0.2, 0) is 16.1 Å². The molecule has 1 aromatic carbocycles. The summed E-state index contributed by atoms with van der Waals surface area (Å²) in [7, 11) is 1.50. The second kappa shape index (κ2) is 10.7. The number of hydrogen-bond acceptors (Lipinski definition) is 8. The van der Waals surface area contributed by atoms with Gasteiger partial charge in [0, 0.05) is 35.7 Å². The summed E-state index contributed by atoms with van der Waals surface area (Å²) >= 11 is 3.36. The van der Waals surface area contributed by atoms with E-state index in [1.165, 1.54) is 14.0 Å². The van der Waals surface area contributed by atoms with Crippen molar-refractivity contribution in [2.45, 2.75) is 52.7 Å². The van der Waals surface area contributed by atoms with E-state index < -0.39 is 6.04 Å². The molecule has 0 spiro atoms. The van der Waals surface area contributed by atoms with Gasteiger partial charge in [0.15, 0.2) is 5.78 Å². The van der Waals surface area contributed by atoms with Crippen LogP contribution in [0.25, 0.3) is 22.0 Å². The van der Waals surface area contributed by atoms with Gasteiger partial charge in [-0.3, -0.25) is 19.1 Å². The van der Waals surface area contributed by atoms with Crippen LogP contribution in [0.4, 0.5) is 5.82 Å². The molecule has 1 N–H and O–H groups in total. The summed E-state index contributed by atoms with van der Waals surface area (Å²) in [6.45, 7) is 7.15. The second-order valence-corrected chi connectivity index (χ2v) is 12.1. The summed E-state index contributed by atoms with van der Waals surface area (Å²) in [5.74, 6) is -0.328. The van der Waals surface area contributed by atoms with Gasteiger partial charge in [-0.2, -0.15) is 5.10 Å². The van der Waals surface area contributed by atoms with Gasteiger partial charge in [-0.25, -0.2) is 15.0 Å². The smallest absolute Gasteiger partial charge is 0.316 e. The predicted octanol–water partition coefficient (Wildman–Crippen LogP) is 4.66. The highest BCUT2D eigenvalue weighted by Gasteiger charge is 2.55. The third-order valence-electron chi connectivity index (χ3n) is 8.30. The molecule has 1 fully saturated rings. The summed E-state index contributed by atoms with van der Waals surface area (Å²) in [6, 6.07) is 6.82. The minimum Gasteiger partial charge on any atom is -0.467 e. The van der Waals surface area contributed by atoms with Gasteiger partial charge in [0.1, 0.15) is 28.7 Å². The van der Waals surface area contributed by atoms with Crippen LogP contribution >= 0.6 is 15.9 Å². The summed E-state index contributed by atoms with van der Waals surface area (Å²) in [6.07, 6.45) is 7.81. The van der Waals surface area contributed by atoms with Crippen molar-refractivity contribution in [3.05, 3.63) is 70.2 Å². The van der Waals surface area contributed by atoms with Crippen molar-refractivity contribution in [1.82, 2.24) is 29.6 Å². The lowest BCUT2D eigenvalue weighted by molar-refractivity contribution is -0.139. The third kappa shape index (κ3) is 4.99. The number of benzene rings is 1. The van der Waals surface area contributed by atoms with Crippen molar-refractivity contribution in [2.24, 2.45) is 5.41 Å². The van der Waals surface area contributed by atoms with E-state index in [1.807, 2.05) is 38.1 Å². The van der Waals surface area contributed by atoms with Crippen molar-refractivity contribution in [1.29, 1.82) is 0 Å². The molecule has 4 heterocycles. The Morgan fingerprint density at radius 2 is 1.86 bits per heavy atom. The van der Waals surface area contributed by atoms with Crippen molar-refractivity contribution < 1.29 is 19.1 Å². The molecule has 1 aliphatic heterocycles. The molecule has 11 nitrogen and oxygen atoms in total. The molecule has 0 radical (unpaired) electrons. The minimum atomic E-state index is -0.699. The number of pyridine rings is 1. The van der Waals surface area contributed by atoms with Gasteiger partial charge in [-0.15, -0.1) is 0 Å². The molecule has 2 aliphatic rings. The first-order valence-electron chi connectivity index (χ1n) is 13.8. The molecule has 1 aliphatic carbocycles. The number of rotatable bonds is 7. The van der Waals surface area contributed by atoms with Gasteiger partial charge in [0.2, 0.25) is 11.8 Å². The number of fused-ring (bicyclic) bond motifs is 2. The Morgan fingerprint density at radius 3 is 2.51 bits per heavy atom. The number of carbonyl (C=O) groups excluding carboxylic acids is 3. The van der Waals surface area contributed by atoms with E-state index in [4.69, 9.17) is 4.74 Å². The zero-order valence-electron chi connectivity index (χ0n) is 24.4. The molecule has 220 valence electrons. The molecule has 0 saturated carbocycles. The van der Waals surface area contributed by atoms with Crippen molar-refractivity contribution in [3.63, 3.8) is 0 Å². The second-order valence-electron chi connectivity index (χ2n) is 11.3. The summed E-state index contributed by atoms with van der Waals surface area (Å²) in [5, 5.41) is 8.15. The van der Waals surface area contributed by atoms with Crippen molar-refractivity contribution in [2.75, 3.05) is 12.4 Å². The van der Waals surface area contributed by atoms with Crippen LogP contribution in [0.3, 0.4) is 0 Å². The number of nitrogens with zero attached hydrogens (tertiary/aromatic N) is 6. The molecule has 3 aromatic heterocycles. The van der Waals surface area contributed by atoms with E-state index in [1.54, 1.807) is 28.0 Å². The highest BCUT2D eigenvalue weighted by Crippen LogP contribution is 2.49. The van der Waals surface area contributed by atoms with E-state index in [0.717, 1.165) is 22.3 Å². The Kier molecular flexibility index (Phi) is 7.11. The van der Waals surface area contributed by atoms with E-state index in [-0.39, 0.29) is 47.3 Å². The molecule has 0 unspecified atom stereocenters. The standard InChI is InChI=1S/C31H30BrN7O4/c1-16-6-7-24(32)35-28(16)36-29(42)22-12-31(4)9-8-23(31)39(22)25(41)15-38-27-17(2)10-19(11-21(27)26(37-38)18(3)40)20-13-33-30(43-5)34-14-20/h6-11,13-14,22-23H,12,15H2,1-5H3,(H,35,36,42)/t22-,23+,31+/m0/s1. The largest absolute Gasteiger partial charge is 0.467 e. The highest BCUT2D eigenvalue weighted by molar-refractivity contribution is 9.10. The Bertz CT molecular complexity index is 1830. The Hall–Kier alpha value is -4.45. The fraction of sp³-hybridized carbons (Fsp3) is 0.323. The number of likely N-dealkylation sites (tertiary alicyclic amines) is 1. The average Bonchev–Trinajstić information content (AvgIpc) is 3.43. The number of amides is 2. The predicted molar refractivity (Wildman–Crippen MR) is 164 cm³/mol. The van der Waals surface area contributed by atoms with Gasteiger partial charge >= 0.3 is 6.01 Å². The van der Waals surface area contributed by atoms with E-state index in [9.17, 15) is 14.4 Å². The van der Waals surface area contributed by atoms with Gasteiger partial charge in [0.05, 0.1) is 18.7 Å². The number of anilines is 1. The SMILES string of the molecule is COc1ncc(-c2cc(C)c3c(c2)c(C(C)=O)nn3CC(=O)N2[C@H](C(=O)Nc3nc(Br)ccc3C)C[C@@]3(C)C=C[C@@H]23)cn1. The molecule has 2 amide bonds. The number of aryl methyl sites for hydroxylation is 2. The summed E-state index contributed by atoms with van der Waals surface area (Å²) in [5.41, 5.74) is 3.84. The number of Topliss-reactive ketones (excluding diaryl/α,β-unsaturated/α-hetero) is 1. The third-order valence-corrected chi connectivity index (χ3v) is 8.74. The van der Waals surface area contributed by atoms with Gasteiger partial charge in [-0.05, 0) is 71.1 Å². The van der Waals surface area contributed by atoms with E-state index in [0.29, 0.717) is 27.7 Å². The van der Waals surface area contributed by atoms with Crippen LogP contribution in [0.5, 0.6) is 6.01 Å². The minimum absolute atomic E-state index is 0.131. The average molecular weight is 645 g/mol. The molecule has 43 heavy (non-hydrogen) atoms. The Balaban J connectivity index is 1.33. The summed E-state index contributed by atoms with van der Waals surface area (Å²) < 4.78 is 7.25. The highest BCUT2D eigenvalue weighted by atomic mass is 79.9. The fourth-order valence-corrected chi connectivity index (χ4v) is 6.36. The van der Waals surface area contributed by atoms with Crippen LogP contribution in [0.2, 0.25) is 0 Å². The van der Waals surface area contributed by atoms with Crippen molar-refractivity contribution in [3.8, 4) is 17.1 Å². The molecule has 6 rings (SSSR count). The van der Waals surface area contributed by atoms with Gasteiger partial charge in [-0.1, -0.05) is 25.1 Å². The van der Waals surface area contributed by atoms with E-state index >= 15 is 0 Å². The topological polar surface area (TPSA) is 132 Å². The van der Waals surface area contributed by atoms with Crippen molar-refractivity contribution >= 4 is 50.2 Å². The van der Waals surface area contributed by atoms with Crippen LogP contribution in [0.15, 0.2) is 53.4 Å². The Morgan fingerprint density at radius 1 is 1.12 bits per heavy atom. The van der Waals surface area contributed by atoms with Crippen LogP contribution < -0.4 is 10.1 Å². The monoisotopic (exact) mass is 643 g/mol. The zero-order valence-corrected chi connectivity index (χ0v) is 26.0. The van der Waals surface area contributed by atoms with Gasteiger partial charge < -0.3 is 15.0 Å². The fourth-order valence-electron chi connectivity index (χ4n) is 6.05. The quantitative estimate of drug-likeness (QED) is 0.175. The van der Waals surface area contributed by atoms with Crippen LogP contribution in [0.1, 0.15) is 41.9 Å². The van der Waals surface area contributed by atoms with Gasteiger partial charge in [0.25, 0.3) is 0 Å². The lowest BCUT2D eigenvalue weighted by Crippen LogP contribution is -2.50. The maximum atomic E-state index is 14.0. The normalized spacial score (nSPS) is 20.6. The molecule has 4 aromatic rings. The number of ketones is 1.